The topological polar surface area (TPSA) is 11.4 Å². The molecule has 0 fully saturated rings. The normalized spacial score (nSPS) is 12.5. The van der Waals surface area contributed by atoms with E-state index < -0.39 is 0 Å². The molecule has 0 spiro atoms. The molecule has 0 radical (unpaired) electrons. The Balaban J connectivity index is 1.27. The summed E-state index contributed by atoms with van der Waals surface area (Å²) in [6, 6.07) is 80.0. The number of fused-ring (bicyclic) bond motifs is 7. The molecule has 11 rings (SSSR count). The molecule has 75 heavy (non-hydrogen) atoms. The van der Waals surface area contributed by atoms with Crippen LogP contribution < -0.4 is 9.80 Å². The molecule has 0 aliphatic rings. The molecule has 0 atom stereocenters. The minimum absolute atomic E-state index is 0.0154. The summed E-state index contributed by atoms with van der Waals surface area (Å²) in [5.41, 5.74) is 17.7. The van der Waals surface area contributed by atoms with Gasteiger partial charge in [-0.25, -0.2) is 0 Å². The van der Waals surface area contributed by atoms with Crippen molar-refractivity contribution < 1.29 is 0 Å². The van der Waals surface area contributed by atoms with Gasteiger partial charge in [0.1, 0.15) is 0 Å². The van der Waals surface area contributed by atoms with Gasteiger partial charge in [0.15, 0.2) is 0 Å². The molecule has 0 saturated carbocycles. The van der Waals surface area contributed by atoms with Crippen molar-refractivity contribution in [1.29, 1.82) is 0 Å². The highest BCUT2D eigenvalue weighted by molar-refractivity contribution is 6.32. The molecule has 3 heteroatoms. The van der Waals surface area contributed by atoms with Crippen LogP contribution in [0.3, 0.4) is 0 Å². The Morgan fingerprint density at radius 2 is 0.587 bits per heavy atom. The number of aromatic nitrogens is 1. The second-order valence-corrected chi connectivity index (χ2v) is 24.8. The highest BCUT2D eigenvalue weighted by Gasteiger charge is 2.28. The molecule has 0 saturated heterocycles. The molecule has 1 aromatic heterocycles. The number of hydrogen-bond acceptors (Lipinski definition) is 2. The second kappa shape index (κ2) is 18.5. The van der Waals surface area contributed by atoms with Crippen molar-refractivity contribution in [1.82, 2.24) is 4.57 Å². The smallest absolute Gasteiger partial charge is 0.0568 e. The summed E-state index contributed by atoms with van der Waals surface area (Å²) in [6.45, 7) is 27.5. The summed E-state index contributed by atoms with van der Waals surface area (Å²) in [5.74, 6) is 0. The Morgan fingerprint density at radius 1 is 0.280 bits per heavy atom. The molecule has 0 unspecified atom stereocenters. The van der Waals surface area contributed by atoms with E-state index in [1.165, 1.54) is 65.7 Å². The van der Waals surface area contributed by atoms with Gasteiger partial charge in [-0.1, -0.05) is 223 Å². The first-order valence-corrected chi connectivity index (χ1v) is 26.8. The van der Waals surface area contributed by atoms with Crippen LogP contribution in [0.15, 0.2) is 212 Å². The van der Waals surface area contributed by atoms with E-state index in [0.29, 0.717) is 0 Å². The summed E-state index contributed by atoms with van der Waals surface area (Å²) in [5, 5.41) is 7.27. The van der Waals surface area contributed by atoms with Gasteiger partial charge in [-0.05, 0) is 139 Å². The monoisotopic (exact) mass is 978 g/mol. The maximum Gasteiger partial charge on any atom is 0.0568 e. The van der Waals surface area contributed by atoms with Crippen LogP contribution in [0.1, 0.15) is 105 Å². The lowest BCUT2D eigenvalue weighted by molar-refractivity contribution is 0.590. The van der Waals surface area contributed by atoms with Crippen LogP contribution in [-0.4, -0.2) is 4.57 Å². The van der Waals surface area contributed by atoms with Crippen molar-refractivity contribution >= 4 is 77.5 Å². The van der Waals surface area contributed by atoms with Crippen molar-refractivity contribution in [2.24, 2.45) is 0 Å². The molecule has 374 valence electrons. The third-order valence-electron chi connectivity index (χ3n) is 15.4. The van der Waals surface area contributed by atoms with Crippen molar-refractivity contribution in [3.63, 3.8) is 0 Å². The van der Waals surface area contributed by atoms with Crippen molar-refractivity contribution in [2.45, 2.75) is 105 Å². The van der Waals surface area contributed by atoms with E-state index in [-0.39, 0.29) is 21.7 Å². The molecular formula is C72H71N3. The van der Waals surface area contributed by atoms with Gasteiger partial charge in [-0.2, -0.15) is 0 Å². The van der Waals surface area contributed by atoms with E-state index in [2.05, 4.69) is 310 Å². The molecule has 3 nitrogen and oxygen atoms in total. The number of anilines is 6. The van der Waals surface area contributed by atoms with Crippen molar-refractivity contribution in [2.75, 3.05) is 9.80 Å². The lowest BCUT2D eigenvalue weighted by atomic mass is 9.86. The molecule has 10 aromatic carbocycles. The van der Waals surface area contributed by atoms with E-state index in [1.54, 1.807) is 0 Å². The van der Waals surface area contributed by atoms with Gasteiger partial charge < -0.3 is 14.4 Å². The largest absolute Gasteiger partial charge is 0.310 e. The predicted molar refractivity (Wildman–Crippen MR) is 325 cm³/mol. The predicted octanol–water partition coefficient (Wildman–Crippen LogP) is 20.9. The molecule has 0 aliphatic carbocycles. The van der Waals surface area contributed by atoms with Crippen LogP contribution in [0.25, 0.3) is 60.2 Å². The third kappa shape index (κ3) is 9.18. The lowest BCUT2D eigenvalue weighted by Gasteiger charge is -2.29. The summed E-state index contributed by atoms with van der Waals surface area (Å²) < 4.78 is 2.55. The Labute approximate surface area is 445 Å². The summed E-state index contributed by atoms with van der Waals surface area (Å²) in [4.78, 5) is 4.97. The SMILES string of the molecule is CC(C)(C)c1ccc(N(c2ccc(C(C)(C)C)cc2)c2cc3c(c4ccccc24)c2c4ccccc4c(N(c4ccc(C(C)(C)C)cc4)c4ccc(C(C)(C)C)cc4)cc2n3-c2cccc(-c3ccccc3)c2)cc1. The molecule has 11 aromatic rings. The maximum atomic E-state index is 2.55. The third-order valence-corrected chi connectivity index (χ3v) is 15.4. The molecule has 0 amide bonds. The standard InChI is InChI=1S/C72H71N3/c1-69(2,3)50-29-37-54(38-30-50)73(55-39-31-51(32-40-55)70(4,5)6)63-46-65-67(61-27-18-16-25-59(61)63)68-62-28-19-17-26-60(62)64(47-66(68)75(65)58-24-20-23-49(45-58)48-21-14-13-15-22-48)74(56-41-33-52(34-42-56)71(7,8)9)57-43-35-53(36-44-57)72(10,11)12/h13-47H,1-12H3. The fourth-order valence-corrected chi connectivity index (χ4v) is 11.1. The minimum atomic E-state index is 0.0154. The maximum absolute atomic E-state index is 2.55. The Morgan fingerprint density at radius 3 is 0.920 bits per heavy atom. The highest BCUT2D eigenvalue weighted by Crippen LogP contribution is 2.50. The van der Waals surface area contributed by atoms with E-state index in [4.69, 9.17) is 0 Å². The quantitative estimate of drug-likeness (QED) is 0.150. The van der Waals surface area contributed by atoms with E-state index in [9.17, 15) is 0 Å². The van der Waals surface area contributed by atoms with Crippen LogP contribution in [-0.2, 0) is 21.7 Å². The lowest BCUT2D eigenvalue weighted by Crippen LogP contribution is -2.14. The van der Waals surface area contributed by atoms with E-state index in [0.717, 1.165) is 50.8 Å². The van der Waals surface area contributed by atoms with Crippen LogP contribution in [0.4, 0.5) is 34.1 Å². The van der Waals surface area contributed by atoms with Gasteiger partial charge in [0.05, 0.1) is 22.4 Å². The number of nitrogens with zero attached hydrogens (tertiary/aromatic N) is 3. The zero-order chi connectivity index (χ0) is 52.6. The zero-order valence-corrected chi connectivity index (χ0v) is 46.0. The van der Waals surface area contributed by atoms with Crippen LogP contribution >= 0.6 is 0 Å². The Kier molecular flexibility index (Phi) is 12.2. The molecule has 0 bridgehead atoms. The van der Waals surface area contributed by atoms with E-state index in [1.807, 2.05) is 0 Å². The van der Waals surface area contributed by atoms with Gasteiger partial charge >= 0.3 is 0 Å². The summed E-state index contributed by atoms with van der Waals surface area (Å²) >= 11 is 0. The van der Waals surface area contributed by atoms with E-state index >= 15 is 0 Å². The van der Waals surface area contributed by atoms with Crippen molar-refractivity contribution in [3.05, 3.63) is 235 Å². The first kappa shape index (κ1) is 49.3. The van der Waals surface area contributed by atoms with Gasteiger partial charge in [0.25, 0.3) is 0 Å². The van der Waals surface area contributed by atoms with Crippen molar-refractivity contribution in [3.8, 4) is 16.8 Å². The number of benzene rings is 10. The Bertz CT molecular complexity index is 3540. The summed E-state index contributed by atoms with van der Waals surface area (Å²) in [7, 11) is 0. The fourth-order valence-electron chi connectivity index (χ4n) is 11.1. The number of hydrogen-bond donors (Lipinski definition) is 0. The van der Waals surface area contributed by atoms with Crippen LogP contribution in [0, 0.1) is 0 Å². The van der Waals surface area contributed by atoms with Crippen LogP contribution in [0.5, 0.6) is 0 Å². The molecule has 1 heterocycles. The van der Waals surface area contributed by atoms with Gasteiger partial charge in [-0.3, -0.25) is 0 Å². The molecular weight excluding hydrogens is 907 g/mol. The minimum Gasteiger partial charge on any atom is -0.310 e. The van der Waals surface area contributed by atoms with Gasteiger partial charge in [0.2, 0.25) is 0 Å². The fraction of sp³-hybridized carbons (Fsp3) is 0.222. The number of rotatable bonds is 8. The molecule has 0 N–H and O–H groups in total. The van der Waals surface area contributed by atoms with Gasteiger partial charge in [0, 0.05) is 50.0 Å². The average Bonchev–Trinajstić information content (AvgIpc) is 3.74. The first-order chi connectivity index (χ1) is 35.7. The molecule has 0 aliphatic heterocycles. The Hall–Kier alpha value is -7.88. The average molecular weight is 978 g/mol. The summed E-state index contributed by atoms with van der Waals surface area (Å²) in [6.07, 6.45) is 0. The second-order valence-electron chi connectivity index (χ2n) is 24.8. The van der Waals surface area contributed by atoms with Gasteiger partial charge in [-0.15, -0.1) is 0 Å². The highest BCUT2D eigenvalue weighted by atomic mass is 15.2. The zero-order valence-electron chi connectivity index (χ0n) is 46.0. The van der Waals surface area contributed by atoms with Crippen LogP contribution in [0.2, 0.25) is 0 Å². The first-order valence-electron chi connectivity index (χ1n) is 26.8.